The summed E-state index contributed by atoms with van der Waals surface area (Å²) < 4.78 is 13.0. The molecule has 1 atom stereocenters. The zero-order chi connectivity index (χ0) is 21.4. The minimum atomic E-state index is 0.138. The number of ether oxygens (including phenoxy) is 2. The molecule has 6 nitrogen and oxygen atoms in total. The van der Waals surface area contributed by atoms with E-state index in [0.717, 1.165) is 24.6 Å². The first kappa shape index (κ1) is 19.7. The van der Waals surface area contributed by atoms with Gasteiger partial charge in [-0.05, 0) is 29.2 Å². The van der Waals surface area contributed by atoms with Crippen LogP contribution < -0.4 is 14.4 Å². The van der Waals surface area contributed by atoms with Gasteiger partial charge in [-0.25, -0.2) is 0 Å². The van der Waals surface area contributed by atoms with Gasteiger partial charge in [-0.2, -0.15) is 5.10 Å². The van der Waals surface area contributed by atoms with Crippen LogP contribution in [0.25, 0.3) is 0 Å². The van der Waals surface area contributed by atoms with Crippen molar-refractivity contribution in [3.8, 4) is 11.5 Å². The molecule has 0 unspecified atom stereocenters. The molecular weight excluding hydrogens is 390 g/mol. The van der Waals surface area contributed by atoms with E-state index in [1.54, 1.807) is 17.1 Å². The van der Waals surface area contributed by atoms with E-state index in [0.29, 0.717) is 31.1 Å². The number of fused-ring (bicyclic) bond motifs is 1. The number of ketones is 1. The average Bonchev–Trinajstić information content (AvgIpc) is 3.19. The highest BCUT2D eigenvalue weighted by Crippen LogP contribution is 2.38. The van der Waals surface area contributed by atoms with Crippen molar-refractivity contribution in [3.63, 3.8) is 0 Å². The van der Waals surface area contributed by atoms with Gasteiger partial charge in [0.2, 0.25) is 0 Å². The van der Waals surface area contributed by atoms with Gasteiger partial charge in [0.1, 0.15) is 13.2 Å². The fourth-order valence-electron chi connectivity index (χ4n) is 4.30. The Bertz CT molecular complexity index is 1080. The quantitative estimate of drug-likeness (QED) is 0.564. The van der Waals surface area contributed by atoms with Crippen LogP contribution in [-0.4, -0.2) is 41.9 Å². The number of rotatable bonds is 6. The molecule has 3 heterocycles. The van der Waals surface area contributed by atoms with E-state index in [2.05, 4.69) is 53.3 Å². The number of aromatic nitrogens is 2. The third-order valence-corrected chi connectivity index (χ3v) is 6.27. The number of carbonyl (C=O) groups excluding carboxylic acids is 1. The van der Waals surface area contributed by atoms with Crippen LogP contribution in [0.15, 0.2) is 54.9 Å². The SMILES string of the molecule is C[C@H](CC(=O)c1cnn(C)c1)c1ccc(C2CN(c3ccc4c(c3)OCCO4)C2)cc1. The highest BCUT2D eigenvalue weighted by atomic mass is 16.6. The van der Waals surface area contributed by atoms with E-state index in [4.69, 9.17) is 9.47 Å². The Morgan fingerprint density at radius 1 is 1.10 bits per heavy atom. The smallest absolute Gasteiger partial charge is 0.166 e. The first-order chi connectivity index (χ1) is 15.1. The Balaban J connectivity index is 1.18. The van der Waals surface area contributed by atoms with Gasteiger partial charge in [0, 0.05) is 50.4 Å². The third-order valence-electron chi connectivity index (χ3n) is 6.27. The maximum absolute atomic E-state index is 12.5. The van der Waals surface area contributed by atoms with Crippen molar-refractivity contribution in [3.05, 3.63) is 71.5 Å². The van der Waals surface area contributed by atoms with Crippen LogP contribution in [0.3, 0.4) is 0 Å². The normalized spacial score (nSPS) is 16.6. The van der Waals surface area contributed by atoms with E-state index in [9.17, 15) is 4.79 Å². The summed E-state index contributed by atoms with van der Waals surface area (Å²) in [5, 5.41) is 4.09. The lowest BCUT2D eigenvalue weighted by atomic mass is 9.88. The number of hydrogen-bond donors (Lipinski definition) is 0. The average molecular weight is 418 g/mol. The van der Waals surface area contributed by atoms with Gasteiger partial charge in [-0.1, -0.05) is 31.2 Å². The van der Waals surface area contributed by atoms with Crippen molar-refractivity contribution in [1.82, 2.24) is 9.78 Å². The monoisotopic (exact) mass is 417 g/mol. The lowest BCUT2D eigenvalue weighted by Crippen LogP contribution is -2.45. The zero-order valence-electron chi connectivity index (χ0n) is 18.0. The summed E-state index contributed by atoms with van der Waals surface area (Å²) in [5.41, 5.74) is 4.41. The van der Waals surface area contributed by atoms with Gasteiger partial charge < -0.3 is 14.4 Å². The van der Waals surface area contributed by atoms with Crippen molar-refractivity contribution < 1.29 is 14.3 Å². The topological polar surface area (TPSA) is 56.6 Å². The van der Waals surface area contributed by atoms with Gasteiger partial charge in [-0.3, -0.25) is 9.48 Å². The molecule has 2 aliphatic heterocycles. The maximum atomic E-state index is 12.5. The minimum absolute atomic E-state index is 0.138. The molecule has 1 aromatic heterocycles. The van der Waals surface area contributed by atoms with Crippen molar-refractivity contribution in [1.29, 1.82) is 0 Å². The molecule has 6 heteroatoms. The maximum Gasteiger partial charge on any atom is 0.166 e. The first-order valence-corrected chi connectivity index (χ1v) is 10.8. The summed E-state index contributed by atoms with van der Waals surface area (Å²) >= 11 is 0. The van der Waals surface area contributed by atoms with E-state index in [1.807, 2.05) is 13.1 Å². The highest BCUT2D eigenvalue weighted by molar-refractivity contribution is 5.96. The van der Waals surface area contributed by atoms with Gasteiger partial charge in [0.15, 0.2) is 17.3 Å². The molecule has 3 aromatic rings. The van der Waals surface area contributed by atoms with Crippen LogP contribution >= 0.6 is 0 Å². The summed E-state index contributed by atoms with van der Waals surface area (Å²) in [4.78, 5) is 14.8. The van der Waals surface area contributed by atoms with Crippen LogP contribution in [0, 0.1) is 0 Å². The molecule has 0 N–H and O–H groups in total. The molecule has 5 rings (SSSR count). The molecule has 2 aliphatic rings. The van der Waals surface area contributed by atoms with E-state index < -0.39 is 0 Å². The number of nitrogens with zero attached hydrogens (tertiary/aromatic N) is 3. The Hall–Kier alpha value is -3.28. The molecule has 1 saturated heterocycles. The Morgan fingerprint density at radius 2 is 1.84 bits per heavy atom. The Labute approximate surface area is 182 Å². The fraction of sp³-hybridized carbons (Fsp3) is 0.360. The van der Waals surface area contributed by atoms with E-state index >= 15 is 0 Å². The number of hydrogen-bond acceptors (Lipinski definition) is 5. The van der Waals surface area contributed by atoms with E-state index in [-0.39, 0.29) is 11.7 Å². The van der Waals surface area contributed by atoms with Crippen LogP contribution in [0.4, 0.5) is 5.69 Å². The molecule has 0 aliphatic carbocycles. The molecule has 0 spiro atoms. The Morgan fingerprint density at radius 3 is 2.55 bits per heavy atom. The highest BCUT2D eigenvalue weighted by Gasteiger charge is 2.29. The fourth-order valence-corrected chi connectivity index (χ4v) is 4.30. The lowest BCUT2D eigenvalue weighted by Gasteiger charge is -2.41. The van der Waals surface area contributed by atoms with Gasteiger partial charge in [-0.15, -0.1) is 0 Å². The molecule has 1 fully saturated rings. The van der Waals surface area contributed by atoms with Crippen molar-refractivity contribution >= 4 is 11.5 Å². The molecule has 0 bridgehead atoms. The van der Waals surface area contributed by atoms with Gasteiger partial charge in [0.05, 0.1) is 11.8 Å². The van der Waals surface area contributed by atoms with Crippen LogP contribution in [0.1, 0.15) is 46.7 Å². The second-order valence-electron chi connectivity index (χ2n) is 8.53. The second-order valence-corrected chi connectivity index (χ2v) is 8.53. The van der Waals surface area contributed by atoms with Crippen LogP contribution in [-0.2, 0) is 7.05 Å². The number of benzene rings is 2. The number of Topliss-reactive ketones (excluding diaryl/α,β-unsaturated/α-hetero) is 1. The van der Waals surface area contributed by atoms with Crippen molar-refractivity contribution in [2.75, 3.05) is 31.2 Å². The van der Waals surface area contributed by atoms with E-state index in [1.165, 1.54) is 16.8 Å². The predicted octanol–water partition coefficient (Wildman–Crippen LogP) is 4.17. The standard InChI is InChI=1S/C25H27N3O3/c1-17(11-23(29)20-13-26-27(2)14-20)18-3-5-19(6-4-18)21-15-28(16-21)22-7-8-24-25(12-22)31-10-9-30-24/h3-8,12-14,17,21H,9-11,15-16H2,1-2H3/t17-/m1/s1. The van der Waals surface area contributed by atoms with Gasteiger partial charge >= 0.3 is 0 Å². The summed E-state index contributed by atoms with van der Waals surface area (Å²) in [6.45, 7) is 5.32. The summed E-state index contributed by atoms with van der Waals surface area (Å²) in [6, 6.07) is 15.0. The van der Waals surface area contributed by atoms with Crippen LogP contribution in [0.5, 0.6) is 11.5 Å². The number of aryl methyl sites for hydroxylation is 1. The molecule has 0 amide bonds. The molecule has 160 valence electrons. The minimum Gasteiger partial charge on any atom is -0.486 e. The van der Waals surface area contributed by atoms with Crippen molar-refractivity contribution in [2.45, 2.75) is 25.2 Å². The van der Waals surface area contributed by atoms with Gasteiger partial charge in [0.25, 0.3) is 0 Å². The summed E-state index contributed by atoms with van der Waals surface area (Å²) in [6.07, 6.45) is 3.91. The molecule has 31 heavy (non-hydrogen) atoms. The molecular formula is C25H27N3O3. The molecule has 2 aromatic carbocycles. The first-order valence-electron chi connectivity index (χ1n) is 10.8. The molecule has 0 saturated carbocycles. The number of anilines is 1. The predicted molar refractivity (Wildman–Crippen MR) is 119 cm³/mol. The largest absolute Gasteiger partial charge is 0.486 e. The number of carbonyl (C=O) groups is 1. The molecule has 0 radical (unpaired) electrons. The lowest BCUT2D eigenvalue weighted by molar-refractivity contribution is 0.0975. The second kappa shape index (κ2) is 8.10. The third kappa shape index (κ3) is 4.02. The summed E-state index contributed by atoms with van der Waals surface area (Å²) in [5.74, 6) is 2.51. The zero-order valence-corrected chi connectivity index (χ0v) is 18.0. The summed E-state index contributed by atoms with van der Waals surface area (Å²) in [7, 11) is 1.83. The van der Waals surface area contributed by atoms with Crippen molar-refractivity contribution in [2.24, 2.45) is 7.05 Å². The Kier molecular flexibility index (Phi) is 5.14. The van der Waals surface area contributed by atoms with Crippen LogP contribution in [0.2, 0.25) is 0 Å².